The van der Waals surface area contributed by atoms with Crippen LogP contribution in [0.3, 0.4) is 0 Å². The molecule has 0 aromatic heterocycles. The predicted octanol–water partition coefficient (Wildman–Crippen LogP) is 5.07. The molecule has 4 atom stereocenters. The number of amides is 2. The van der Waals surface area contributed by atoms with Gasteiger partial charge in [-0.15, -0.1) is 0 Å². The number of piperidine rings is 2. The van der Waals surface area contributed by atoms with Crippen LogP contribution in [0.4, 0.5) is 5.69 Å². The minimum absolute atomic E-state index is 0.0842. The van der Waals surface area contributed by atoms with Crippen molar-refractivity contribution in [1.29, 1.82) is 0 Å². The number of methoxy groups -OCH3 is 3. The van der Waals surface area contributed by atoms with Crippen molar-refractivity contribution in [3.8, 4) is 28.4 Å². The zero-order chi connectivity index (χ0) is 33.7. The normalized spacial score (nSPS) is 21.3. The Morgan fingerprint density at radius 2 is 1.72 bits per heavy atom. The summed E-state index contributed by atoms with van der Waals surface area (Å²) < 4.78 is 17.2. The Morgan fingerprint density at radius 1 is 0.957 bits per heavy atom. The quantitative estimate of drug-likeness (QED) is 0.309. The third kappa shape index (κ3) is 7.69. The lowest BCUT2D eigenvalue weighted by Gasteiger charge is -2.44. The number of carbonyl (C=O) groups is 2. The zero-order valence-corrected chi connectivity index (χ0v) is 28.9. The third-order valence-electron chi connectivity index (χ3n) is 10.0. The van der Waals surface area contributed by atoms with E-state index in [1.54, 1.807) is 33.5 Å². The fourth-order valence-electron chi connectivity index (χ4n) is 7.89. The highest BCUT2D eigenvalue weighted by molar-refractivity contribution is 5.86. The largest absolute Gasteiger partial charge is 0.493 e. The van der Waals surface area contributed by atoms with Gasteiger partial charge in [0, 0.05) is 25.1 Å². The molecule has 3 N–H and O–H groups in total. The molecule has 5 rings (SSSR count). The van der Waals surface area contributed by atoms with E-state index in [1.807, 2.05) is 12.1 Å². The highest BCUT2D eigenvalue weighted by Gasteiger charge is 2.34. The van der Waals surface area contributed by atoms with E-state index in [9.17, 15) is 14.4 Å². The minimum Gasteiger partial charge on any atom is -0.493 e. The summed E-state index contributed by atoms with van der Waals surface area (Å²) in [5.41, 5.74) is 3.25. The smallest absolute Gasteiger partial charge is 0.242 e. The molecule has 2 aliphatic heterocycles. The molecule has 2 amide bonds. The lowest BCUT2D eigenvalue weighted by molar-refractivity contribution is -0.122. The van der Waals surface area contributed by atoms with Crippen molar-refractivity contribution in [3.63, 3.8) is 0 Å². The molecule has 10 nitrogen and oxygen atoms in total. The van der Waals surface area contributed by atoms with Crippen molar-refractivity contribution in [2.45, 2.75) is 90.3 Å². The van der Waals surface area contributed by atoms with Crippen molar-refractivity contribution in [3.05, 3.63) is 45.6 Å². The summed E-state index contributed by atoms with van der Waals surface area (Å²) in [6, 6.07) is 6.72. The van der Waals surface area contributed by atoms with Crippen molar-refractivity contribution in [2.75, 3.05) is 46.3 Å². The number of anilines is 1. The van der Waals surface area contributed by atoms with Crippen LogP contribution in [0.2, 0.25) is 0 Å². The van der Waals surface area contributed by atoms with E-state index in [0.29, 0.717) is 66.3 Å². The van der Waals surface area contributed by atoms with Crippen LogP contribution in [0.25, 0.3) is 11.1 Å². The first-order chi connectivity index (χ1) is 22.6. The van der Waals surface area contributed by atoms with E-state index in [-0.39, 0.29) is 23.2 Å². The first kappa shape index (κ1) is 34.5. The van der Waals surface area contributed by atoms with Crippen molar-refractivity contribution in [2.24, 2.45) is 11.8 Å². The van der Waals surface area contributed by atoms with E-state index in [1.165, 1.54) is 32.6 Å². The summed E-state index contributed by atoms with van der Waals surface area (Å²) in [6.07, 6.45) is 7.78. The highest BCUT2D eigenvalue weighted by Crippen LogP contribution is 2.50. The van der Waals surface area contributed by atoms with Gasteiger partial charge in [0.15, 0.2) is 11.5 Å². The number of nitrogens with zero attached hydrogens (tertiary/aromatic N) is 1. The molecule has 4 unspecified atom stereocenters. The molecule has 1 aliphatic carbocycles. The van der Waals surface area contributed by atoms with Gasteiger partial charge in [0.1, 0.15) is 6.04 Å². The van der Waals surface area contributed by atoms with Crippen LogP contribution in [0.1, 0.15) is 82.9 Å². The van der Waals surface area contributed by atoms with E-state index in [4.69, 9.17) is 14.2 Å². The molecule has 47 heavy (non-hydrogen) atoms. The van der Waals surface area contributed by atoms with E-state index < -0.39 is 12.1 Å². The summed E-state index contributed by atoms with van der Waals surface area (Å²) >= 11 is 0. The van der Waals surface area contributed by atoms with Gasteiger partial charge in [0.05, 0.1) is 33.1 Å². The monoisotopic (exact) mass is 648 g/mol. The molecule has 2 aromatic carbocycles. The minimum atomic E-state index is -0.576. The fourth-order valence-corrected chi connectivity index (χ4v) is 7.89. The number of ether oxygens (including phenoxy) is 3. The Balaban J connectivity index is 1.49. The van der Waals surface area contributed by atoms with Gasteiger partial charge >= 0.3 is 0 Å². The molecule has 256 valence electrons. The Kier molecular flexibility index (Phi) is 11.3. The maximum atomic E-state index is 13.9. The molecule has 2 fully saturated rings. The molecular weight excluding hydrogens is 596 g/mol. The van der Waals surface area contributed by atoms with Gasteiger partial charge in [-0.05, 0) is 105 Å². The van der Waals surface area contributed by atoms with Crippen molar-refractivity contribution in [1.82, 2.24) is 15.5 Å². The summed E-state index contributed by atoms with van der Waals surface area (Å²) in [4.78, 5) is 42.6. The van der Waals surface area contributed by atoms with E-state index >= 15 is 0 Å². The summed E-state index contributed by atoms with van der Waals surface area (Å²) in [5, 5.41) is 9.65. The Bertz CT molecular complexity index is 1510. The topological polar surface area (TPSA) is 118 Å². The maximum Gasteiger partial charge on any atom is 0.242 e. The Labute approximate surface area is 278 Å². The second-order valence-electron chi connectivity index (χ2n) is 13.7. The van der Waals surface area contributed by atoms with Gasteiger partial charge in [0.2, 0.25) is 23.0 Å². The Hall–Kier alpha value is -3.79. The first-order valence-electron chi connectivity index (χ1n) is 17.2. The molecule has 2 aromatic rings. The number of carbonyl (C=O) groups excluding carboxylic acids is 2. The molecule has 2 saturated heterocycles. The van der Waals surface area contributed by atoms with Crippen LogP contribution in [-0.4, -0.2) is 69.8 Å². The molecule has 2 heterocycles. The number of aryl methyl sites for hydroxylation is 1. The highest BCUT2D eigenvalue weighted by atomic mass is 16.5. The third-order valence-corrected chi connectivity index (χ3v) is 10.0. The molecule has 3 aliphatic rings. The second kappa shape index (κ2) is 15.4. The average Bonchev–Trinajstić information content (AvgIpc) is 3.30. The molecule has 0 bridgehead atoms. The van der Waals surface area contributed by atoms with Gasteiger partial charge < -0.3 is 35.1 Å². The second-order valence-corrected chi connectivity index (χ2v) is 13.7. The molecule has 0 saturated carbocycles. The van der Waals surface area contributed by atoms with Crippen LogP contribution < -0.4 is 35.6 Å². The van der Waals surface area contributed by atoms with Crippen LogP contribution in [0, 0.1) is 11.8 Å². The van der Waals surface area contributed by atoms with Gasteiger partial charge in [-0.25, -0.2) is 0 Å². The number of hydrogen-bond acceptors (Lipinski definition) is 8. The van der Waals surface area contributed by atoms with Gasteiger partial charge in [-0.1, -0.05) is 26.3 Å². The lowest BCUT2D eigenvalue weighted by atomic mass is 9.83. The van der Waals surface area contributed by atoms with Crippen molar-refractivity contribution >= 4 is 17.5 Å². The van der Waals surface area contributed by atoms with Gasteiger partial charge in [-0.2, -0.15) is 0 Å². The zero-order valence-electron chi connectivity index (χ0n) is 28.9. The summed E-state index contributed by atoms with van der Waals surface area (Å²) in [5.74, 6) is 1.90. The molecule has 10 heteroatoms. The van der Waals surface area contributed by atoms with Crippen molar-refractivity contribution < 1.29 is 23.8 Å². The lowest BCUT2D eigenvalue weighted by Crippen LogP contribution is -2.52. The molecule has 0 spiro atoms. The van der Waals surface area contributed by atoms with Crippen LogP contribution in [0.5, 0.6) is 17.2 Å². The number of benzene rings is 1. The number of fused-ring (bicyclic) bond motifs is 4. The predicted molar refractivity (Wildman–Crippen MR) is 184 cm³/mol. The van der Waals surface area contributed by atoms with Gasteiger partial charge in [-0.3, -0.25) is 14.4 Å². The number of rotatable bonds is 11. The fraction of sp³-hybridized carbons (Fsp3) is 0.595. The Morgan fingerprint density at radius 3 is 2.43 bits per heavy atom. The van der Waals surface area contributed by atoms with Gasteiger partial charge in [0.25, 0.3) is 0 Å². The van der Waals surface area contributed by atoms with E-state index in [2.05, 4.69) is 34.7 Å². The van der Waals surface area contributed by atoms with Crippen LogP contribution in [-0.2, 0) is 16.0 Å². The standard InChI is InChI=1S/C37H52N4O6/c1-22(2)18-30(37(44)38-21-25-10-9-17-41-16-8-7-11-31(25)41)40-29-15-13-26-27(20-32(29)43)28(39-23(3)42)14-12-24-19-33(45-4)35(46-5)36(47-6)34(24)26/h13,15,19-20,22,25,28,30-31H,7-12,14,16-18,21H2,1-6H3,(H,38,44)(H,39,42)(H,40,43). The van der Waals surface area contributed by atoms with Crippen LogP contribution in [0.15, 0.2) is 29.1 Å². The summed E-state index contributed by atoms with van der Waals surface area (Å²) in [6.45, 7) is 8.61. The molecular formula is C37H52N4O6. The average molecular weight is 649 g/mol. The summed E-state index contributed by atoms with van der Waals surface area (Å²) in [7, 11) is 4.73. The van der Waals surface area contributed by atoms with E-state index in [0.717, 1.165) is 36.2 Å². The van der Waals surface area contributed by atoms with Crippen LogP contribution >= 0.6 is 0 Å². The first-order valence-corrected chi connectivity index (χ1v) is 17.2. The number of hydrogen-bond donors (Lipinski definition) is 3. The maximum absolute atomic E-state index is 13.9. The number of nitrogens with one attached hydrogen (secondary N) is 3. The molecule has 0 radical (unpaired) electrons. The SMILES string of the molecule is COc1cc2c(c(OC)c1OC)-c1ccc(NC(CC(C)C)C(=O)NCC3CCCN4CCCCC34)c(=O)cc1C(NC(C)=O)CC2.